The topological polar surface area (TPSA) is 21.3 Å². The van der Waals surface area contributed by atoms with E-state index in [0.29, 0.717) is 18.2 Å². The zero-order valence-corrected chi connectivity index (χ0v) is 10.0. The van der Waals surface area contributed by atoms with E-state index in [1.54, 1.807) is 0 Å². The van der Waals surface area contributed by atoms with E-state index < -0.39 is 0 Å². The van der Waals surface area contributed by atoms with Crippen LogP contribution >= 0.6 is 0 Å². The van der Waals surface area contributed by atoms with Crippen LogP contribution in [0.4, 0.5) is 0 Å². The number of rotatable bonds is 4. The van der Waals surface area contributed by atoms with E-state index in [4.69, 9.17) is 4.74 Å². The van der Waals surface area contributed by atoms with Crippen molar-refractivity contribution in [2.24, 2.45) is 5.92 Å². The van der Waals surface area contributed by atoms with Gasteiger partial charge < -0.3 is 10.1 Å². The van der Waals surface area contributed by atoms with Crippen LogP contribution in [0.25, 0.3) is 0 Å². The van der Waals surface area contributed by atoms with Crippen molar-refractivity contribution in [1.82, 2.24) is 5.32 Å². The van der Waals surface area contributed by atoms with Gasteiger partial charge in [-0.2, -0.15) is 0 Å². The summed E-state index contributed by atoms with van der Waals surface area (Å²) in [4.78, 5) is 0. The third kappa shape index (κ3) is 4.43. The lowest BCUT2D eigenvalue weighted by Gasteiger charge is -2.32. The second-order valence-corrected chi connectivity index (χ2v) is 5.06. The van der Waals surface area contributed by atoms with E-state index in [9.17, 15) is 0 Å². The van der Waals surface area contributed by atoms with Crippen LogP contribution in [-0.2, 0) is 4.74 Å². The summed E-state index contributed by atoms with van der Waals surface area (Å²) < 4.78 is 5.70. The molecule has 0 spiro atoms. The smallest absolute Gasteiger partial charge is 0.0565 e. The fraction of sp³-hybridized carbons (Fsp3) is 1.00. The van der Waals surface area contributed by atoms with Crippen LogP contribution in [0.5, 0.6) is 0 Å². The molecule has 1 aliphatic heterocycles. The summed E-state index contributed by atoms with van der Waals surface area (Å²) >= 11 is 0. The van der Waals surface area contributed by atoms with Gasteiger partial charge in [0.05, 0.1) is 12.2 Å². The van der Waals surface area contributed by atoms with Crippen molar-refractivity contribution in [3.05, 3.63) is 0 Å². The van der Waals surface area contributed by atoms with Crippen molar-refractivity contribution in [2.75, 3.05) is 6.54 Å². The second-order valence-electron chi connectivity index (χ2n) is 5.06. The monoisotopic (exact) mass is 199 g/mol. The predicted octanol–water partition coefficient (Wildman–Crippen LogP) is 2.58. The molecule has 1 heterocycles. The molecule has 14 heavy (non-hydrogen) atoms. The van der Waals surface area contributed by atoms with Gasteiger partial charge >= 0.3 is 0 Å². The SMILES string of the molecule is CC(C)CCNC1C[C@H](C)O[C@@H](C)C1. The Morgan fingerprint density at radius 2 is 1.79 bits per heavy atom. The maximum Gasteiger partial charge on any atom is 0.0565 e. The van der Waals surface area contributed by atoms with Gasteiger partial charge in [0, 0.05) is 6.04 Å². The normalized spacial score (nSPS) is 33.6. The van der Waals surface area contributed by atoms with Gasteiger partial charge in [0.2, 0.25) is 0 Å². The molecular weight excluding hydrogens is 174 g/mol. The number of ether oxygens (including phenoxy) is 1. The van der Waals surface area contributed by atoms with E-state index in [-0.39, 0.29) is 0 Å². The highest BCUT2D eigenvalue weighted by Crippen LogP contribution is 2.18. The first-order chi connectivity index (χ1) is 6.58. The van der Waals surface area contributed by atoms with Gasteiger partial charge in [-0.3, -0.25) is 0 Å². The predicted molar refractivity (Wildman–Crippen MR) is 60.5 cm³/mol. The standard InChI is InChI=1S/C12H25NO/c1-9(2)5-6-13-12-7-10(3)14-11(4)8-12/h9-13H,5-8H2,1-4H3/t10-,11-/m0/s1. The van der Waals surface area contributed by atoms with E-state index in [0.717, 1.165) is 12.5 Å². The quantitative estimate of drug-likeness (QED) is 0.751. The van der Waals surface area contributed by atoms with Gasteiger partial charge in [0.15, 0.2) is 0 Å². The lowest BCUT2D eigenvalue weighted by atomic mass is 9.99. The first kappa shape index (κ1) is 12.0. The lowest BCUT2D eigenvalue weighted by molar-refractivity contribution is -0.0420. The Kier molecular flexibility index (Phi) is 4.90. The molecule has 1 aliphatic rings. The highest BCUT2D eigenvalue weighted by atomic mass is 16.5. The highest BCUT2D eigenvalue weighted by Gasteiger charge is 2.23. The Morgan fingerprint density at radius 3 is 2.29 bits per heavy atom. The second kappa shape index (κ2) is 5.72. The van der Waals surface area contributed by atoms with Crippen molar-refractivity contribution in [1.29, 1.82) is 0 Å². The first-order valence-corrected chi connectivity index (χ1v) is 5.96. The van der Waals surface area contributed by atoms with Crippen LogP contribution in [0.2, 0.25) is 0 Å². The summed E-state index contributed by atoms with van der Waals surface area (Å²) in [5.41, 5.74) is 0. The minimum Gasteiger partial charge on any atom is -0.375 e. The van der Waals surface area contributed by atoms with Crippen LogP contribution in [0.3, 0.4) is 0 Å². The molecule has 0 aliphatic carbocycles. The van der Waals surface area contributed by atoms with Gasteiger partial charge in [-0.1, -0.05) is 13.8 Å². The Labute approximate surface area is 88.4 Å². The Hall–Kier alpha value is -0.0800. The number of hydrogen-bond acceptors (Lipinski definition) is 2. The lowest BCUT2D eigenvalue weighted by Crippen LogP contribution is -2.41. The van der Waals surface area contributed by atoms with Gasteiger partial charge in [-0.25, -0.2) is 0 Å². The van der Waals surface area contributed by atoms with Crippen molar-refractivity contribution in [3.63, 3.8) is 0 Å². The van der Waals surface area contributed by atoms with Gasteiger partial charge in [0.25, 0.3) is 0 Å². The van der Waals surface area contributed by atoms with Crippen LogP contribution in [0.1, 0.15) is 47.0 Å². The molecule has 0 aromatic rings. The Balaban J connectivity index is 2.17. The molecule has 84 valence electrons. The Bertz CT molecular complexity index is 148. The largest absolute Gasteiger partial charge is 0.375 e. The summed E-state index contributed by atoms with van der Waals surface area (Å²) in [6.07, 6.45) is 4.47. The van der Waals surface area contributed by atoms with E-state index in [1.807, 2.05) is 0 Å². The fourth-order valence-corrected chi connectivity index (χ4v) is 2.15. The van der Waals surface area contributed by atoms with E-state index >= 15 is 0 Å². The van der Waals surface area contributed by atoms with Crippen molar-refractivity contribution in [3.8, 4) is 0 Å². The molecule has 0 saturated carbocycles. The summed E-state index contributed by atoms with van der Waals surface area (Å²) in [5.74, 6) is 0.803. The zero-order valence-electron chi connectivity index (χ0n) is 10.0. The average Bonchev–Trinajstić information content (AvgIpc) is 2.01. The molecule has 0 unspecified atom stereocenters. The van der Waals surface area contributed by atoms with E-state index in [1.165, 1.54) is 19.3 Å². The molecule has 2 nitrogen and oxygen atoms in total. The average molecular weight is 199 g/mol. The highest BCUT2D eigenvalue weighted by molar-refractivity contribution is 4.78. The number of nitrogens with one attached hydrogen (secondary N) is 1. The molecule has 0 amide bonds. The number of hydrogen-bond donors (Lipinski definition) is 1. The van der Waals surface area contributed by atoms with Crippen LogP contribution in [0.15, 0.2) is 0 Å². The molecule has 2 heteroatoms. The third-order valence-electron chi connectivity index (χ3n) is 2.85. The zero-order chi connectivity index (χ0) is 10.6. The summed E-state index contributed by atoms with van der Waals surface area (Å²) in [6.45, 7) is 10.1. The maximum atomic E-state index is 5.70. The molecule has 2 atom stereocenters. The van der Waals surface area contributed by atoms with Crippen molar-refractivity contribution < 1.29 is 4.74 Å². The van der Waals surface area contributed by atoms with Gasteiger partial charge in [0.1, 0.15) is 0 Å². The van der Waals surface area contributed by atoms with Crippen LogP contribution in [0, 0.1) is 5.92 Å². The molecule has 0 aromatic heterocycles. The summed E-state index contributed by atoms with van der Waals surface area (Å²) in [5, 5.41) is 3.63. The molecule has 1 rings (SSSR count). The summed E-state index contributed by atoms with van der Waals surface area (Å²) in [7, 11) is 0. The molecule has 1 saturated heterocycles. The van der Waals surface area contributed by atoms with Crippen molar-refractivity contribution >= 4 is 0 Å². The molecule has 0 aromatic carbocycles. The van der Waals surface area contributed by atoms with E-state index in [2.05, 4.69) is 33.0 Å². The molecule has 1 fully saturated rings. The first-order valence-electron chi connectivity index (χ1n) is 5.96. The Morgan fingerprint density at radius 1 is 1.21 bits per heavy atom. The maximum absolute atomic E-state index is 5.70. The minimum absolute atomic E-state index is 0.426. The van der Waals surface area contributed by atoms with Crippen LogP contribution < -0.4 is 5.32 Å². The molecular formula is C12H25NO. The van der Waals surface area contributed by atoms with Crippen LogP contribution in [-0.4, -0.2) is 24.8 Å². The molecule has 0 radical (unpaired) electrons. The van der Waals surface area contributed by atoms with Gasteiger partial charge in [-0.05, 0) is 45.6 Å². The third-order valence-corrected chi connectivity index (χ3v) is 2.85. The van der Waals surface area contributed by atoms with Gasteiger partial charge in [-0.15, -0.1) is 0 Å². The van der Waals surface area contributed by atoms with Crippen molar-refractivity contribution in [2.45, 2.75) is 65.2 Å². The minimum atomic E-state index is 0.426. The molecule has 0 bridgehead atoms. The fourth-order valence-electron chi connectivity index (χ4n) is 2.15. The molecule has 1 N–H and O–H groups in total. The summed E-state index contributed by atoms with van der Waals surface area (Å²) in [6, 6.07) is 0.674.